The maximum Gasteiger partial charge on any atom is 0.251 e. The number of hydrogen-bond acceptors (Lipinski definition) is 5. The van der Waals surface area contributed by atoms with E-state index in [0.717, 1.165) is 16.3 Å². The molecule has 2 heterocycles. The van der Waals surface area contributed by atoms with Crippen molar-refractivity contribution in [1.82, 2.24) is 15.2 Å². The number of para-hydroxylation sites is 1. The third-order valence-electron chi connectivity index (χ3n) is 4.71. The minimum Gasteiger partial charge on any atom is -0.487 e. The van der Waals surface area contributed by atoms with Gasteiger partial charge in [-0.15, -0.1) is 11.3 Å². The van der Waals surface area contributed by atoms with Gasteiger partial charge in [-0.2, -0.15) is 0 Å². The Labute approximate surface area is 173 Å². The lowest BCUT2D eigenvalue weighted by Gasteiger charge is -2.31. The van der Waals surface area contributed by atoms with Crippen molar-refractivity contribution >= 4 is 23.3 Å². The van der Waals surface area contributed by atoms with Crippen LogP contribution < -0.4 is 10.1 Å². The van der Waals surface area contributed by atoms with Gasteiger partial charge in [-0.05, 0) is 31.9 Å². The molecule has 1 saturated heterocycles. The number of alkyl halides is 2. The number of nitrogens with zero attached hydrogens (tertiary/aromatic N) is 2. The number of aromatic nitrogens is 1. The number of carbonyl (C=O) groups is 1. The van der Waals surface area contributed by atoms with Crippen LogP contribution in [-0.4, -0.2) is 47.9 Å². The number of thiazole rings is 1. The molecule has 5 nitrogen and oxygen atoms in total. The molecule has 1 aliphatic rings. The van der Waals surface area contributed by atoms with E-state index in [-0.39, 0.29) is 18.5 Å². The molecule has 1 aliphatic heterocycles. The first-order valence-electron chi connectivity index (χ1n) is 9.61. The van der Waals surface area contributed by atoms with Crippen molar-refractivity contribution < 1.29 is 18.3 Å². The van der Waals surface area contributed by atoms with Crippen LogP contribution >= 0.6 is 11.3 Å². The van der Waals surface area contributed by atoms with Crippen LogP contribution in [-0.2, 0) is 11.4 Å². The fourth-order valence-corrected chi connectivity index (χ4v) is 3.84. The van der Waals surface area contributed by atoms with Gasteiger partial charge in [0.2, 0.25) is 5.91 Å². The van der Waals surface area contributed by atoms with Gasteiger partial charge in [-0.1, -0.05) is 18.2 Å². The first-order chi connectivity index (χ1) is 14.0. The molecule has 3 rings (SSSR count). The smallest absolute Gasteiger partial charge is 0.251 e. The summed E-state index contributed by atoms with van der Waals surface area (Å²) in [5.41, 5.74) is 1.68. The number of aryl methyl sites for hydroxylation is 1. The second-order valence-corrected chi connectivity index (χ2v) is 8.05. The summed E-state index contributed by atoms with van der Waals surface area (Å²) in [6.45, 7) is 3.28. The van der Waals surface area contributed by atoms with Crippen molar-refractivity contribution in [3.8, 4) is 5.75 Å². The minimum absolute atomic E-state index is 0.0143. The molecule has 29 heavy (non-hydrogen) atoms. The average Bonchev–Trinajstić information content (AvgIpc) is 3.12. The van der Waals surface area contributed by atoms with Crippen LogP contribution in [0.1, 0.15) is 29.1 Å². The van der Waals surface area contributed by atoms with Gasteiger partial charge in [0.05, 0.1) is 17.2 Å². The van der Waals surface area contributed by atoms with Gasteiger partial charge in [0.15, 0.2) is 0 Å². The highest BCUT2D eigenvalue weighted by atomic mass is 32.1. The Hall–Kier alpha value is -2.32. The number of piperidine rings is 1. The maximum atomic E-state index is 12.4. The van der Waals surface area contributed by atoms with E-state index in [1.54, 1.807) is 22.3 Å². The average molecular weight is 422 g/mol. The summed E-state index contributed by atoms with van der Waals surface area (Å²) in [5, 5.41) is 5.91. The monoisotopic (exact) mass is 421 g/mol. The predicted molar refractivity (Wildman–Crippen MR) is 110 cm³/mol. The summed E-state index contributed by atoms with van der Waals surface area (Å²) in [6.07, 6.45) is 2.26. The first kappa shape index (κ1) is 21.4. The van der Waals surface area contributed by atoms with E-state index in [0.29, 0.717) is 38.3 Å². The molecule has 2 aromatic rings. The normalized spacial score (nSPS) is 15.9. The molecule has 1 fully saturated rings. The van der Waals surface area contributed by atoms with Crippen molar-refractivity contribution in [1.29, 1.82) is 0 Å². The van der Waals surface area contributed by atoms with Gasteiger partial charge in [0, 0.05) is 36.2 Å². The molecule has 156 valence electrons. The zero-order chi connectivity index (χ0) is 20.6. The number of benzene rings is 1. The van der Waals surface area contributed by atoms with Crippen LogP contribution in [0, 0.1) is 6.92 Å². The standard InChI is InChI=1S/C21H25F2N3O2S/c1-15-24-18(14-29-15)13-28-19-5-3-2-4-16(19)6-7-21(27)25-17-8-10-26(11-9-17)12-20(22)23/h2-7,14,17,20H,8-13H2,1H3,(H,25,27)/b7-6+. The molecule has 1 N–H and O–H groups in total. The Balaban J connectivity index is 1.50. The zero-order valence-electron chi connectivity index (χ0n) is 16.3. The molecule has 0 spiro atoms. The third-order valence-corrected chi connectivity index (χ3v) is 5.53. The number of halogens is 2. The second kappa shape index (κ2) is 10.5. The number of ether oxygens (including phenoxy) is 1. The highest BCUT2D eigenvalue weighted by Gasteiger charge is 2.21. The van der Waals surface area contributed by atoms with E-state index in [1.807, 2.05) is 36.6 Å². The minimum atomic E-state index is -2.31. The predicted octanol–water partition coefficient (Wildman–Crippen LogP) is 3.89. The van der Waals surface area contributed by atoms with Gasteiger partial charge in [-0.3, -0.25) is 9.69 Å². The maximum absolute atomic E-state index is 12.4. The number of amides is 1. The second-order valence-electron chi connectivity index (χ2n) is 6.99. The van der Waals surface area contributed by atoms with Crippen LogP contribution in [0.4, 0.5) is 8.78 Å². The van der Waals surface area contributed by atoms with Gasteiger partial charge >= 0.3 is 0 Å². The summed E-state index contributed by atoms with van der Waals surface area (Å²) in [4.78, 5) is 18.4. The summed E-state index contributed by atoms with van der Waals surface area (Å²) in [7, 11) is 0. The fraction of sp³-hybridized carbons (Fsp3) is 0.429. The molecule has 0 saturated carbocycles. The van der Waals surface area contributed by atoms with E-state index in [2.05, 4.69) is 10.3 Å². The number of likely N-dealkylation sites (tertiary alicyclic amines) is 1. The van der Waals surface area contributed by atoms with Crippen LogP contribution in [0.2, 0.25) is 0 Å². The van der Waals surface area contributed by atoms with E-state index in [4.69, 9.17) is 4.74 Å². The number of carbonyl (C=O) groups excluding carboxylic acids is 1. The van der Waals surface area contributed by atoms with E-state index < -0.39 is 6.43 Å². The molecule has 8 heteroatoms. The fourth-order valence-electron chi connectivity index (χ4n) is 3.25. The summed E-state index contributed by atoms with van der Waals surface area (Å²) in [5.74, 6) is 0.491. The van der Waals surface area contributed by atoms with Gasteiger partial charge in [0.1, 0.15) is 12.4 Å². The van der Waals surface area contributed by atoms with Crippen molar-refractivity contribution in [2.75, 3.05) is 19.6 Å². The van der Waals surface area contributed by atoms with Crippen molar-refractivity contribution in [2.24, 2.45) is 0 Å². The topological polar surface area (TPSA) is 54.5 Å². The SMILES string of the molecule is Cc1nc(COc2ccccc2/C=C/C(=O)NC2CCN(CC(F)F)CC2)cs1. The molecule has 1 aromatic heterocycles. The first-order valence-corrected chi connectivity index (χ1v) is 10.5. The number of hydrogen-bond donors (Lipinski definition) is 1. The quantitative estimate of drug-likeness (QED) is 0.657. The molecule has 0 aliphatic carbocycles. The summed E-state index contributed by atoms with van der Waals surface area (Å²) >= 11 is 1.58. The molecule has 1 amide bonds. The Kier molecular flexibility index (Phi) is 7.71. The summed E-state index contributed by atoms with van der Waals surface area (Å²) in [6, 6.07) is 7.52. The Bertz CT molecular complexity index is 833. The molecule has 0 bridgehead atoms. The van der Waals surface area contributed by atoms with Crippen LogP contribution in [0.15, 0.2) is 35.7 Å². The molecule has 0 radical (unpaired) electrons. The zero-order valence-corrected chi connectivity index (χ0v) is 17.1. The van der Waals surface area contributed by atoms with Crippen molar-refractivity contribution in [3.63, 3.8) is 0 Å². The molecule has 0 unspecified atom stereocenters. The van der Waals surface area contributed by atoms with Crippen molar-refractivity contribution in [2.45, 2.75) is 38.8 Å². The Morgan fingerprint density at radius 2 is 2.14 bits per heavy atom. The molecule has 1 aromatic carbocycles. The van der Waals surface area contributed by atoms with Gasteiger partial charge in [0.25, 0.3) is 6.43 Å². The van der Waals surface area contributed by atoms with E-state index >= 15 is 0 Å². The van der Waals surface area contributed by atoms with Crippen LogP contribution in [0.5, 0.6) is 5.75 Å². The molecular formula is C21H25F2N3O2S. The van der Waals surface area contributed by atoms with E-state index in [9.17, 15) is 13.6 Å². The largest absolute Gasteiger partial charge is 0.487 e. The third kappa shape index (κ3) is 6.90. The lowest BCUT2D eigenvalue weighted by Crippen LogP contribution is -2.45. The van der Waals surface area contributed by atoms with Gasteiger partial charge < -0.3 is 10.1 Å². The van der Waals surface area contributed by atoms with Gasteiger partial charge in [-0.25, -0.2) is 13.8 Å². The molecule has 0 atom stereocenters. The molecular weight excluding hydrogens is 396 g/mol. The van der Waals surface area contributed by atoms with E-state index in [1.165, 1.54) is 6.08 Å². The Morgan fingerprint density at radius 1 is 1.38 bits per heavy atom. The van der Waals surface area contributed by atoms with Crippen LogP contribution in [0.25, 0.3) is 6.08 Å². The highest BCUT2D eigenvalue weighted by molar-refractivity contribution is 7.09. The highest BCUT2D eigenvalue weighted by Crippen LogP contribution is 2.21. The lowest BCUT2D eigenvalue weighted by atomic mass is 10.0. The number of nitrogens with one attached hydrogen (secondary N) is 1. The summed E-state index contributed by atoms with van der Waals surface area (Å²) < 4.78 is 30.7. The number of rotatable bonds is 8. The van der Waals surface area contributed by atoms with Crippen LogP contribution in [0.3, 0.4) is 0 Å². The Morgan fingerprint density at radius 3 is 2.83 bits per heavy atom. The van der Waals surface area contributed by atoms with Crippen molar-refractivity contribution in [3.05, 3.63) is 52.0 Å². The lowest BCUT2D eigenvalue weighted by molar-refractivity contribution is -0.117.